The first-order chi connectivity index (χ1) is 20.3. The van der Waals surface area contributed by atoms with Crippen LogP contribution in [0.3, 0.4) is 0 Å². The summed E-state index contributed by atoms with van der Waals surface area (Å²) in [6.45, 7) is 6.32. The summed E-state index contributed by atoms with van der Waals surface area (Å²) in [7, 11) is 0. The number of benzene rings is 1. The predicted octanol–water partition coefficient (Wildman–Crippen LogP) is 1.91. The Balaban J connectivity index is 2.42. The van der Waals surface area contributed by atoms with Gasteiger partial charge >= 0.3 is 5.97 Å². The van der Waals surface area contributed by atoms with E-state index < -0.39 is 60.4 Å². The number of thioether (sulfide) groups is 2. The van der Waals surface area contributed by atoms with Gasteiger partial charge in [-0.05, 0) is 24.0 Å². The number of rotatable bonds is 9. The van der Waals surface area contributed by atoms with Gasteiger partial charge in [0.15, 0.2) is 10.2 Å². The number of carbonyl (C=O) groups excluding carboxylic acids is 6. The molecule has 1 aliphatic heterocycles. The van der Waals surface area contributed by atoms with Gasteiger partial charge in [-0.2, -0.15) is 0 Å². The van der Waals surface area contributed by atoms with E-state index in [0.717, 1.165) is 29.1 Å². The fourth-order valence-corrected chi connectivity index (χ4v) is 5.48. The largest absolute Gasteiger partial charge is 0.457 e. The van der Waals surface area contributed by atoms with E-state index in [9.17, 15) is 33.9 Å². The highest BCUT2D eigenvalue weighted by molar-refractivity contribution is 8.13. The smallest absolute Gasteiger partial charge is 0.309 e. The number of allylic oxidation sites excluding steroid dienone is 1. The zero-order chi connectivity index (χ0) is 31.9. The van der Waals surface area contributed by atoms with Crippen LogP contribution in [0.25, 0.3) is 0 Å². The van der Waals surface area contributed by atoms with Crippen LogP contribution in [-0.4, -0.2) is 80.9 Å². The van der Waals surface area contributed by atoms with Crippen LogP contribution >= 0.6 is 23.5 Å². The maximum Gasteiger partial charge on any atom is 0.309 e. The van der Waals surface area contributed by atoms with Gasteiger partial charge in [-0.1, -0.05) is 73.8 Å². The number of aliphatic hydroxyl groups is 1. The molecule has 1 fully saturated rings. The fourth-order valence-electron chi connectivity index (χ4n) is 4.31. The highest BCUT2D eigenvalue weighted by Crippen LogP contribution is 2.15. The van der Waals surface area contributed by atoms with Gasteiger partial charge in [-0.25, -0.2) is 0 Å². The highest BCUT2D eigenvalue weighted by Gasteiger charge is 2.33. The Morgan fingerprint density at radius 3 is 2.23 bits per heavy atom. The van der Waals surface area contributed by atoms with Gasteiger partial charge < -0.3 is 25.8 Å². The van der Waals surface area contributed by atoms with E-state index >= 15 is 0 Å². The standard InChI is InChI=1S/C30H41N3O8S2/c1-18(2)28-25(36)16-27(38)41-22(12-8-9-13-42-19(3)34)15-26(37)31-23(14-21-10-6-5-7-11-21)29(39)32-24(30(40)33-28)17-43-20(4)35/h5-8,10-12,18,22-25,28,36H,9,13-17H2,1-4H3,(H,31,37)(H,32,39)(H,33,40)/b12-8+/t22-,23-,24+,25+,28-/m1/s1. The van der Waals surface area contributed by atoms with Crippen molar-refractivity contribution in [3.05, 3.63) is 48.0 Å². The van der Waals surface area contributed by atoms with Crippen LogP contribution in [0.15, 0.2) is 42.5 Å². The molecule has 0 bridgehead atoms. The Kier molecular flexibility index (Phi) is 15.5. The monoisotopic (exact) mass is 635 g/mol. The lowest BCUT2D eigenvalue weighted by Gasteiger charge is -2.29. The van der Waals surface area contributed by atoms with Crippen LogP contribution in [-0.2, 0) is 39.9 Å². The Morgan fingerprint density at radius 2 is 1.60 bits per heavy atom. The van der Waals surface area contributed by atoms with Crippen molar-refractivity contribution in [2.45, 2.75) is 83.7 Å². The molecule has 5 atom stereocenters. The third-order valence-corrected chi connectivity index (χ3v) is 8.20. The zero-order valence-electron chi connectivity index (χ0n) is 24.9. The van der Waals surface area contributed by atoms with E-state index in [1.165, 1.54) is 13.8 Å². The second-order valence-electron chi connectivity index (χ2n) is 10.5. The number of esters is 1. The van der Waals surface area contributed by atoms with Gasteiger partial charge in [0.25, 0.3) is 0 Å². The summed E-state index contributed by atoms with van der Waals surface area (Å²) in [4.78, 5) is 75.8. The average molecular weight is 636 g/mol. The fraction of sp³-hybridized carbons (Fsp3) is 0.533. The van der Waals surface area contributed by atoms with E-state index in [0.29, 0.717) is 12.2 Å². The molecule has 1 aromatic rings. The van der Waals surface area contributed by atoms with Gasteiger partial charge in [0, 0.05) is 31.8 Å². The topological polar surface area (TPSA) is 168 Å². The minimum absolute atomic E-state index is 0.0289. The Labute approximate surface area is 260 Å². The summed E-state index contributed by atoms with van der Waals surface area (Å²) < 4.78 is 5.54. The number of carbonyl (C=O) groups is 6. The third kappa shape index (κ3) is 13.8. The Bertz CT molecular complexity index is 1160. The van der Waals surface area contributed by atoms with E-state index in [4.69, 9.17) is 4.74 Å². The Hall–Kier alpha value is -3.16. The van der Waals surface area contributed by atoms with Gasteiger partial charge in [0.05, 0.1) is 25.0 Å². The van der Waals surface area contributed by atoms with Crippen LogP contribution < -0.4 is 16.0 Å². The normalized spacial score (nSPS) is 24.4. The van der Waals surface area contributed by atoms with Crippen molar-refractivity contribution < 1.29 is 38.6 Å². The van der Waals surface area contributed by atoms with Crippen molar-refractivity contribution in [1.29, 1.82) is 0 Å². The van der Waals surface area contributed by atoms with Crippen molar-refractivity contribution in [3.8, 4) is 0 Å². The van der Waals surface area contributed by atoms with E-state index in [1.54, 1.807) is 50.3 Å². The number of amides is 3. The maximum atomic E-state index is 13.5. The second-order valence-corrected chi connectivity index (χ2v) is 13.0. The summed E-state index contributed by atoms with van der Waals surface area (Å²) in [5, 5.41) is 18.7. The number of nitrogens with one attached hydrogen (secondary N) is 3. The van der Waals surface area contributed by atoms with Gasteiger partial charge in [0.1, 0.15) is 18.2 Å². The molecule has 1 heterocycles. The number of ether oxygens (including phenoxy) is 1. The molecule has 0 aliphatic carbocycles. The maximum absolute atomic E-state index is 13.5. The van der Waals surface area contributed by atoms with Crippen LogP contribution in [0.2, 0.25) is 0 Å². The summed E-state index contributed by atoms with van der Waals surface area (Å²) in [6, 6.07) is 5.88. The molecule has 0 saturated carbocycles. The third-order valence-electron chi connectivity index (χ3n) is 6.45. The first kappa shape index (κ1) is 36.0. The zero-order valence-corrected chi connectivity index (χ0v) is 26.5. The van der Waals surface area contributed by atoms with Crippen molar-refractivity contribution >= 4 is 57.4 Å². The molecule has 43 heavy (non-hydrogen) atoms. The molecule has 3 amide bonds. The van der Waals surface area contributed by atoms with Crippen molar-refractivity contribution in [1.82, 2.24) is 16.0 Å². The molecule has 0 unspecified atom stereocenters. The first-order valence-corrected chi connectivity index (χ1v) is 16.1. The first-order valence-electron chi connectivity index (χ1n) is 14.1. The molecule has 236 valence electrons. The molecule has 4 N–H and O–H groups in total. The molecule has 2 rings (SSSR count). The summed E-state index contributed by atoms with van der Waals surface area (Å²) in [5.41, 5.74) is 0.758. The number of cyclic esters (lactones) is 1. The summed E-state index contributed by atoms with van der Waals surface area (Å²) in [6.07, 6.45) is 0.774. The minimum atomic E-state index is -1.32. The van der Waals surface area contributed by atoms with Crippen LogP contribution in [0.5, 0.6) is 0 Å². The van der Waals surface area contributed by atoms with Crippen LogP contribution in [0, 0.1) is 5.92 Å². The average Bonchev–Trinajstić information content (AvgIpc) is 2.92. The van der Waals surface area contributed by atoms with Gasteiger partial charge in [-0.15, -0.1) is 0 Å². The van der Waals surface area contributed by atoms with E-state index in [2.05, 4.69) is 16.0 Å². The highest BCUT2D eigenvalue weighted by atomic mass is 32.2. The second kappa shape index (κ2) is 18.5. The summed E-state index contributed by atoms with van der Waals surface area (Å²) in [5.74, 6) is -2.50. The molecular weight excluding hydrogens is 594 g/mol. The predicted molar refractivity (Wildman–Crippen MR) is 166 cm³/mol. The van der Waals surface area contributed by atoms with Crippen molar-refractivity contribution in [2.24, 2.45) is 5.92 Å². The van der Waals surface area contributed by atoms with Crippen LogP contribution in [0.1, 0.15) is 52.5 Å². The summed E-state index contributed by atoms with van der Waals surface area (Å²) >= 11 is 2.00. The van der Waals surface area contributed by atoms with Crippen molar-refractivity contribution in [3.63, 3.8) is 0 Å². The molecule has 13 heteroatoms. The lowest BCUT2D eigenvalue weighted by atomic mass is 9.96. The Morgan fingerprint density at radius 1 is 0.953 bits per heavy atom. The lowest BCUT2D eigenvalue weighted by molar-refractivity contribution is -0.151. The van der Waals surface area contributed by atoms with Crippen LogP contribution in [0.4, 0.5) is 0 Å². The molecule has 11 nitrogen and oxygen atoms in total. The molecule has 1 aliphatic rings. The SMILES string of the molecule is CC(=O)SCC/C=C/[C@@H]1CC(=O)N[C@H](Cc2ccccc2)C(=O)N[C@@H](CSC(C)=O)C(=O)N[C@H](C(C)C)[C@@H](O)CC(=O)O1. The molecule has 0 radical (unpaired) electrons. The lowest BCUT2D eigenvalue weighted by Crippen LogP contribution is -2.58. The minimum Gasteiger partial charge on any atom is -0.457 e. The van der Waals surface area contributed by atoms with E-state index in [1.807, 2.05) is 6.07 Å². The molecular formula is C30H41N3O8S2. The number of aliphatic hydroxyl groups excluding tert-OH is 1. The molecule has 0 aromatic heterocycles. The number of hydrogen-bond donors (Lipinski definition) is 4. The molecule has 1 aromatic carbocycles. The van der Waals surface area contributed by atoms with Crippen molar-refractivity contribution in [2.75, 3.05) is 11.5 Å². The molecule has 1 saturated heterocycles. The quantitative estimate of drug-likeness (QED) is 0.179. The van der Waals surface area contributed by atoms with E-state index in [-0.39, 0.29) is 34.7 Å². The molecule has 0 spiro atoms. The number of hydrogen-bond acceptors (Lipinski definition) is 10. The van der Waals surface area contributed by atoms with Gasteiger partial charge in [0.2, 0.25) is 17.7 Å². The van der Waals surface area contributed by atoms with Gasteiger partial charge in [-0.3, -0.25) is 28.8 Å².